The van der Waals surface area contributed by atoms with Crippen molar-refractivity contribution in [2.45, 2.75) is 20.3 Å². The van der Waals surface area contributed by atoms with Gasteiger partial charge in [-0.1, -0.05) is 29.8 Å². The molecule has 1 heterocycles. The number of benzene rings is 1. The van der Waals surface area contributed by atoms with Gasteiger partial charge in [0.15, 0.2) is 0 Å². The lowest BCUT2D eigenvalue weighted by Gasteiger charge is -1.99. The van der Waals surface area contributed by atoms with E-state index in [0.717, 1.165) is 17.9 Å². The van der Waals surface area contributed by atoms with Gasteiger partial charge in [0.2, 0.25) is 0 Å². The largest absolute Gasteiger partial charge is 0.429 e. The maximum absolute atomic E-state index is 5.49. The van der Waals surface area contributed by atoms with Crippen LogP contribution in [0.15, 0.2) is 28.7 Å². The number of nitrogens with two attached hydrogens (primary N) is 1. The molecule has 3 nitrogen and oxygen atoms in total. The summed E-state index contributed by atoms with van der Waals surface area (Å²) in [5.74, 6) is 0.800. The van der Waals surface area contributed by atoms with Crippen LogP contribution in [-0.2, 0) is 6.42 Å². The van der Waals surface area contributed by atoms with Gasteiger partial charge >= 0.3 is 0 Å². The van der Waals surface area contributed by atoms with E-state index in [9.17, 15) is 0 Å². The standard InChI is InChI=1S/C12H14N2O/c1-8-4-3-5-10(6-8)7-11-9(2)15-12(13)14-11/h3-6H,7H2,1-2H3,(H2,13,14). The van der Waals surface area contributed by atoms with E-state index >= 15 is 0 Å². The van der Waals surface area contributed by atoms with Crippen molar-refractivity contribution in [1.82, 2.24) is 4.98 Å². The number of nitrogen functional groups attached to an aromatic ring is 1. The average Bonchev–Trinajstić information content (AvgIpc) is 2.45. The molecule has 0 atom stereocenters. The van der Waals surface area contributed by atoms with Crippen LogP contribution in [-0.4, -0.2) is 4.98 Å². The number of aromatic nitrogens is 1. The molecule has 2 aromatic rings. The summed E-state index contributed by atoms with van der Waals surface area (Å²) in [6.07, 6.45) is 0.772. The Labute approximate surface area is 88.9 Å². The van der Waals surface area contributed by atoms with Gasteiger partial charge in [0, 0.05) is 6.42 Å². The molecule has 3 heteroatoms. The van der Waals surface area contributed by atoms with E-state index < -0.39 is 0 Å². The molecule has 0 aliphatic carbocycles. The molecular formula is C12H14N2O. The molecule has 0 aliphatic rings. The number of oxazole rings is 1. The van der Waals surface area contributed by atoms with Gasteiger partial charge in [-0.2, -0.15) is 4.98 Å². The second-order valence-electron chi connectivity index (χ2n) is 3.72. The molecule has 78 valence electrons. The molecule has 0 fully saturated rings. The zero-order valence-electron chi connectivity index (χ0n) is 8.95. The van der Waals surface area contributed by atoms with Crippen molar-refractivity contribution in [1.29, 1.82) is 0 Å². The fraction of sp³-hybridized carbons (Fsp3) is 0.250. The highest BCUT2D eigenvalue weighted by Crippen LogP contribution is 2.16. The second kappa shape index (κ2) is 3.77. The van der Waals surface area contributed by atoms with E-state index in [1.165, 1.54) is 11.1 Å². The van der Waals surface area contributed by atoms with Crippen LogP contribution in [0.5, 0.6) is 0 Å². The summed E-state index contributed by atoms with van der Waals surface area (Å²) in [4.78, 5) is 4.15. The Balaban J connectivity index is 2.25. The van der Waals surface area contributed by atoms with Crippen molar-refractivity contribution in [2.75, 3.05) is 5.73 Å². The molecule has 15 heavy (non-hydrogen) atoms. The van der Waals surface area contributed by atoms with Crippen LogP contribution >= 0.6 is 0 Å². The first-order chi connectivity index (χ1) is 7.15. The quantitative estimate of drug-likeness (QED) is 0.813. The highest BCUT2D eigenvalue weighted by molar-refractivity contribution is 5.29. The normalized spacial score (nSPS) is 10.5. The Morgan fingerprint density at radius 2 is 2.13 bits per heavy atom. The highest BCUT2D eigenvalue weighted by Gasteiger charge is 2.07. The van der Waals surface area contributed by atoms with Crippen LogP contribution in [0, 0.1) is 13.8 Å². The van der Waals surface area contributed by atoms with Crippen LogP contribution in [0.25, 0.3) is 0 Å². The summed E-state index contributed by atoms with van der Waals surface area (Å²) >= 11 is 0. The number of hydrogen-bond acceptors (Lipinski definition) is 3. The van der Waals surface area contributed by atoms with Gasteiger partial charge in [-0.15, -0.1) is 0 Å². The van der Waals surface area contributed by atoms with Crippen LogP contribution in [0.2, 0.25) is 0 Å². The van der Waals surface area contributed by atoms with Gasteiger partial charge < -0.3 is 10.2 Å². The second-order valence-corrected chi connectivity index (χ2v) is 3.72. The Hall–Kier alpha value is -1.77. The van der Waals surface area contributed by atoms with Crippen molar-refractivity contribution in [3.05, 3.63) is 46.8 Å². The number of aryl methyl sites for hydroxylation is 2. The number of anilines is 1. The maximum atomic E-state index is 5.49. The van der Waals surface area contributed by atoms with Gasteiger partial charge in [-0.25, -0.2) is 0 Å². The van der Waals surface area contributed by atoms with Gasteiger partial charge in [-0.05, 0) is 19.4 Å². The molecule has 1 aromatic carbocycles. The zero-order chi connectivity index (χ0) is 10.8. The van der Waals surface area contributed by atoms with Crippen LogP contribution in [0.1, 0.15) is 22.6 Å². The van der Waals surface area contributed by atoms with Crippen molar-refractivity contribution < 1.29 is 4.42 Å². The Morgan fingerprint density at radius 1 is 1.33 bits per heavy atom. The smallest absolute Gasteiger partial charge is 0.292 e. The molecule has 2 rings (SSSR count). The lowest BCUT2D eigenvalue weighted by atomic mass is 10.1. The topological polar surface area (TPSA) is 52.0 Å². The van der Waals surface area contributed by atoms with E-state index in [1.807, 2.05) is 13.0 Å². The monoisotopic (exact) mass is 202 g/mol. The summed E-state index contributed by atoms with van der Waals surface area (Å²) in [7, 11) is 0. The first-order valence-corrected chi connectivity index (χ1v) is 4.92. The van der Waals surface area contributed by atoms with Crippen molar-refractivity contribution in [2.24, 2.45) is 0 Å². The Morgan fingerprint density at radius 3 is 2.73 bits per heavy atom. The van der Waals surface area contributed by atoms with E-state index in [4.69, 9.17) is 10.2 Å². The molecular weight excluding hydrogens is 188 g/mol. The molecule has 0 radical (unpaired) electrons. The summed E-state index contributed by atoms with van der Waals surface area (Å²) in [6.45, 7) is 3.96. The summed E-state index contributed by atoms with van der Waals surface area (Å²) in [5, 5.41) is 0. The Bertz CT molecular complexity index is 474. The molecule has 0 bridgehead atoms. The van der Waals surface area contributed by atoms with Crippen molar-refractivity contribution >= 4 is 6.01 Å². The molecule has 0 spiro atoms. The third-order valence-corrected chi connectivity index (χ3v) is 2.36. The molecule has 2 N–H and O–H groups in total. The number of nitrogens with zero attached hydrogens (tertiary/aromatic N) is 1. The molecule has 0 amide bonds. The number of rotatable bonds is 2. The van der Waals surface area contributed by atoms with E-state index in [-0.39, 0.29) is 6.01 Å². The average molecular weight is 202 g/mol. The number of hydrogen-bond donors (Lipinski definition) is 1. The fourth-order valence-corrected chi connectivity index (χ4v) is 1.63. The highest BCUT2D eigenvalue weighted by atomic mass is 16.4. The van der Waals surface area contributed by atoms with Crippen molar-refractivity contribution in [3.63, 3.8) is 0 Å². The maximum Gasteiger partial charge on any atom is 0.292 e. The van der Waals surface area contributed by atoms with Gasteiger partial charge in [0.1, 0.15) is 5.76 Å². The SMILES string of the molecule is Cc1cccc(Cc2nc(N)oc2C)c1. The molecule has 0 unspecified atom stereocenters. The third-order valence-electron chi connectivity index (χ3n) is 2.36. The minimum atomic E-state index is 0.246. The first kappa shape index (κ1) is 9.77. The zero-order valence-corrected chi connectivity index (χ0v) is 8.95. The fourth-order valence-electron chi connectivity index (χ4n) is 1.63. The van der Waals surface area contributed by atoms with E-state index in [1.54, 1.807) is 0 Å². The third kappa shape index (κ3) is 2.18. The summed E-state index contributed by atoms with van der Waals surface area (Å²) in [5.41, 5.74) is 8.88. The lowest BCUT2D eigenvalue weighted by Crippen LogP contribution is -1.92. The lowest BCUT2D eigenvalue weighted by molar-refractivity contribution is 0.545. The molecule has 0 saturated carbocycles. The first-order valence-electron chi connectivity index (χ1n) is 4.92. The predicted octanol–water partition coefficient (Wildman–Crippen LogP) is 2.46. The minimum Gasteiger partial charge on any atom is -0.429 e. The van der Waals surface area contributed by atoms with Gasteiger partial charge in [0.05, 0.1) is 5.69 Å². The van der Waals surface area contributed by atoms with E-state index in [0.29, 0.717) is 0 Å². The van der Waals surface area contributed by atoms with Crippen molar-refractivity contribution in [3.8, 4) is 0 Å². The molecule has 0 saturated heterocycles. The summed E-state index contributed by atoms with van der Waals surface area (Å²) < 4.78 is 5.18. The Kier molecular flexibility index (Phi) is 2.46. The molecule has 1 aromatic heterocycles. The van der Waals surface area contributed by atoms with E-state index in [2.05, 4.69) is 30.1 Å². The van der Waals surface area contributed by atoms with Gasteiger partial charge in [-0.3, -0.25) is 0 Å². The van der Waals surface area contributed by atoms with Gasteiger partial charge in [0.25, 0.3) is 6.01 Å². The van der Waals surface area contributed by atoms with Crippen LogP contribution in [0.3, 0.4) is 0 Å². The minimum absolute atomic E-state index is 0.246. The summed E-state index contributed by atoms with van der Waals surface area (Å²) in [6, 6.07) is 8.59. The van der Waals surface area contributed by atoms with Crippen LogP contribution in [0.4, 0.5) is 6.01 Å². The predicted molar refractivity (Wildman–Crippen MR) is 59.6 cm³/mol. The van der Waals surface area contributed by atoms with Crippen LogP contribution < -0.4 is 5.73 Å². The molecule has 0 aliphatic heterocycles.